The van der Waals surface area contributed by atoms with E-state index in [1.54, 1.807) is 6.92 Å². The van der Waals surface area contributed by atoms with Crippen molar-refractivity contribution in [3.63, 3.8) is 0 Å². The number of esters is 1. The average Bonchev–Trinajstić information content (AvgIpc) is 2.89. The van der Waals surface area contributed by atoms with Gasteiger partial charge in [0.05, 0.1) is 6.10 Å². The maximum Gasteiger partial charge on any atom is 0.342 e. The van der Waals surface area contributed by atoms with Gasteiger partial charge in [-0.05, 0) is 27.2 Å². The molecule has 1 fully saturated rings. The minimum atomic E-state index is -2.68. The first-order valence-electron chi connectivity index (χ1n) is 9.32. The summed E-state index contributed by atoms with van der Waals surface area (Å²) in [6.07, 6.45) is -3.21. The van der Waals surface area contributed by atoms with Crippen molar-refractivity contribution in [2.24, 2.45) is 4.74 Å². The highest BCUT2D eigenvalue weighted by Gasteiger charge is 2.55. The van der Waals surface area contributed by atoms with Crippen molar-refractivity contribution in [3.05, 3.63) is 33.1 Å². The number of aliphatic hydroxyl groups excluding tert-OH is 1. The van der Waals surface area contributed by atoms with Gasteiger partial charge in [-0.25, -0.2) is 14.0 Å². The molecule has 2 rings (SSSR count). The third-order valence-electron chi connectivity index (χ3n) is 4.67. The third kappa shape index (κ3) is 5.58. The molecule has 0 radical (unpaired) electrons. The second-order valence-electron chi connectivity index (χ2n) is 7.12. The highest BCUT2D eigenvalue weighted by atomic mass is 31.1. The van der Waals surface area contributed by atoms with Crippen LogP contribution < -0.4 is 16.1 Å². The molecule has 7 atom stereocenters. The van der Waals surface area contributed by atoms with Crippen LogP contribution in [0.5, 0.6) is 0 Å². The zero-order valence-electron chi connectivity index (χ0n) is 17.0. The fourth-order valence-electron chi connectivity index (χ4n) is 2.70. The third-order valence-corrected chi connectivity index (χ3v) is 5.58. The zero-order valence-corrected chi connectivity index (χ0v) is 17.9. The summed E-state index contributed by atoms with van der Waals surface area (Å²) >= 11 is 0. The van der Waals surface area contributed by atoms with Gasteiger partial charge in [-0.3, -0.25) is 14.3 Å². The molecule has 30 heavy (non-hydrogen) atoms. The van der Waals surface area contributed by atoms with Gasteiger partial charge in [0, 0.05) is 12.3 Å². The van der Waals surface area contributed by atoms with E-state index < -0.39 is 62.1 Å². The molecule has 2 unspecified atom stereocenters. The SMILES string of the molecule is CCC(C)OC(=O)[C@H](C)/N=[P+](\[O-])OC[C@H]1O[C@@H](n2ccc(=O)[nH]c2=O)[C@](C)(F)[C@@H]1O. The van der Waals surface area contributed by atoms with E-state index in [1.165, 1.54) is 6.92 Å². The van der Waals surface area contributed by atoms with Crippen LogP contribution in [-0.2, 0) is 18.8 Å². The lowest BCUT2D eigenvalue weighted by Gasteiger charge is -2.24. The Balaban J connectivity index is 2.04. The largest absolute Gasteiger partial charge is 0.584 e. The van der Waals surface area contributed by atoms with Crippen LogP contribution in [0.3, 0.4) is 0 Å². The van der Waals surface area contributed by atoms with Gasteiger partial charge in [0.25, 0.3) is 5.56 Å². The summed E-state index contributed by atoms with van der Waals surface area (Å²) in [4.78, 5) is 48.9. The van der Waals surface area contributed by atoms with Gasteiger partial charge in [-0.1, -0.05) is 11.7 Å². The average molecular weight is 449 g/mol. The van der Waals surface area contributed by atoms with Crippen molar-refractivity contribution in [2.45, 2.75) is 70.4 Å². The maximum atomic E-state index is 15.0. The Hall–Kier alpha value is -1.98. The molecule has 1 aliphatic heterocycles. The molecule has 2 heterocycles. The maximum absolute atomic E-state index is 15.0. The number of nitrogens with zero attached hydrogens (tertiary/aromatic N) is 2. The van der Waals surface area contributed by atoms with Crippen LogP contribution in [0.15, 0.2) is 26.6 Å². The summed E-state index contributed by atoms with van der Waals surface area (Å²) in [5.41, 5.74) is -4.00. The van der Waals surface area contributed by atoms with Gasteiger partial charge >= 0.3 is 19.8 Å². The van der Waals surface area contributed by atoms with E-state index in [-0.39, 0.29) is 6.10 Å². The van der Waals surface area contributed by atoms with Gasteiger partial charge in [0.2, 0.25) is 0 Å². The lowest BCUT2D eigenvalue weighted by atomic mass is 9.98. The number of alkyl halides is 1. The number of aromatic amines is 1. The van der Waals surface area contributed by atoms with Crippen molar-refractivity contribution in [1.29, 1.82) is 0 Å². The highest BCUT2D eigenvalue weighted by molar-refractivity contribution is 7.33. The summed E-state index contributed by atoms with van der Waals surface area (Å²) < 4.78 is 35.0. The molecule has 2 N–H and O–H groups in total. The quantitative estimate of drug-likeness (QED) is 0.419. The number of hydrogen-bond acceptors (Lipinski definition) is 9. The van der Waals surface area contributed by atoms with Gasteiger partial charge < -0.3 is 19.5 Å². The first-order valence-corrected chi connectivity index (χ1v) is 10.5. The van der Waals surface area contributed by atoms with Crippen molar-refractivity contribution in [2.75, 3.05) is 6.61 Å². The number of aliphatic hydroxyl groups is 1. The lowest BCUT2D eigenvalue weighted by molar-refractivity contribution is -0.179. The van der Waals surface area contributed by atoms with Crippen LogP contribution >= 0.6 is 8.17 Å². The van der Waals surface area contributed by atoms with Crippen LogP contribution in [0.25, 0.3) is 0 Å². The Labute approximate surface area is 172 Å². The summed E-state index contributed by atoms with van der Waals surface area (Å²) in [7, 11) is -2.68. The summed E-state index contributed by atoms with van der Waals surface area (Å²) in [6.45, 7) is 5.44. The van der Waals surface area contributed by atoms with E-state index in [1.807, 2.05) is 11.9 Å². The minimum absolute atomic E-state index is 0.313. The van der Waals surface area contributed by atoms with E-state index in [2.05, 4.69) is 4.74 Å². The molecule has 0 aliphatic carbocycles. The van der Waals surface area contributed by atoms with Crippen molar-refractivity contribution in [3.8, 4) is 0 Å². The Morgan fingerprint density at radius 1 is 1.53 bits per heavy atom. The zero-order chi connectivity index (χ0) is 22.6. The molecular weight excluding hydrogens is 424 g/mol. The predicted molar refractivity (Wildman–Crippen MR) is 101 cm³/mol. The summed E-state index contributed by atoms with van der Waals surface area (Å²) in [6, 6.07) is -0.0388. The molecule has 0 saturated carbocycles. The molecule has 1 aliphatic rings. The second-order valence-corrected chi connectivity index (χ2v) is 8.09. The number of H-pyrrole nitrogens is 1. The number of carbonyl (C=O) groups excluding carboxylic acids is 1. The fraction of sp³-hybridized carbons (Fsp3) is 0.706. The van der Waals surface area contributed by atoms with E-state index >= 15 is 4.39 Å². The van der Waals surface area contributed by atoms with Crippen LogP contribution in [-0.4, -0.2) is 57.3 Å². The first-order chi connectivity index (χ1) is 14.0. The molecule has 1 aromatic heterocycles. The number of aromatic nitrogens is 2. The Kier molecular flexibility index (Phi) is 8.00. The Morgan fingerprint density at radius 3 is 2.80 bits per heavy atom. The van der Waals surface area contributed by atoms with Crippen LogP contribution in [0, 0.1) is 0 Å². The van der Waals surface area contributed by atoms with Crippen LogP contribution in [0.2, 0.25) is 0 Å². The van der Waals surface area contributed by atoms with Crippen molar-refractivity contribution < 1.29 is 33.2 Å². The van der Waals surface area contributed by atoms with Gasteiger partial charge in [-0.2, -0.15) is 4.52 Å². The van der Waals surface area contributed by atoms with Gasteiger partial charge in [0.15, 0.2) is 17.9 Å². The van der Waals surface area contributed by atoms with E-state index in [9.17, 15) is 24.4 Å². The molecule has 13 heteroatoms. The number of hydrogen-bond donors (Lipinski definition) is 2. The molecule has 11 nitrogen and oxygen atoms in total. The van der Waals surface area contributed by atoms with Crippen molar-refractivity contribution >= 4 is 14.1 Å². The van der Waals surface area contributed by atoms with Gasteiger partial charge in [0.1, 0.15) is 18.8 Å². The number of nitrogens with one attached hydrogen (secondary N) is 1. The predicted octanol–water partition coefficient (Wildman–Crippen LogP) is 0.126. The van der Waals surface area contributed by atoms with Crippen molar-refractivity contribution in [1.82, 2.24) is 9.55 Å². The normalized spacial score (nSPS) is 28.9. The number of halogens is 1. The molecular formula is C17H25FN3O8P. The number of carbonyl (C=O) groups is 1. The monoisotopic (exact) mass is 449 g/mol. The van der Waals surface area contributed by atoms with E-state index in [0.29, 0.717) is 6.42 Å². The topological polar surface area (TPSA) is 155 Å². The number of rotatable bonds is 8. The molecule has 0 spiro atoms. The van der Waals surface area contributed by atoms with E-state index in [0.717, 1.165) is 23.8 Å². The highest BCUT2D eigenvalue weighted by Crippen LogP contribution is 2.41. The lowest BCUT2D eigenvalue weighted by Crippen LogP contribution is -2.43. The Bertz CT molecular complexity index is 901. The standard InChI is InChI=1S/C17H25FN3O8P/c1-5-9(2)28-14(24)10(3)20-30(26)27-8-11-13(23)17(4,18)15(29-11)21-7-6-12(22)19-16(21)25/h6-7,9-11,13,15,23H,5,8H2,1-4H3,(H,19,22,25)/t9?,10-,11+,13+,15+,17+/m0/s1. The van der Waals surface area contributed by atoms with Crippen LogP contribution in [0.4, 0.5) is 4.39 Å². The molecule has 168 valence electrons. The van der Waals surface area contributed by atoms with Crippen LogP contribution in [0.1, 0.15) is 40.3 Å². The molecule has 0 amide bonds. The second kappa shape index (κ2) is 9.88. The molecule has 1 saturated heterocycles. The minimum Gasteiger partial charge on any atom is -0.584 e. The first kappa shape index (κ1) is 24.3. The molecule has 0 aromatic carbocycles. The number of ether oxygens (including phenoxy) is 2. The Morgan fingerprint density at radius 2 is 2.20 bits per heavy atom. The summed E-state index contributed by atoms with van der Waals surface area (Å²) in [5.74, 6) is -0.665. The molecule has 1 aromatic rings. The smallest absolute Gasteiger partial charge is 0.342 e. The van der Waals surface area contributed by atoms with E-state index in [4.69, 9.17) is 14.0 Å². The molecule has 0 bridgehead atoms. The summed E-state index contributed by atoms with van der Waals surface area (Å²) in [5, 5.41) is 10.2. The fourth-order valence-corrected chi connectivity index (χ4v) is 3.42. The van der Waals surface area contributed by atoms with Gasteiger partial charge in [-0.15, -0.1) is 0 Å².